The molecule has 94 valence electrons. The topological polar surface area (TPSA) is 63.2 Å². The summed E-state index contributed by atoms with van der Waals surface area (Å²) in [7, 11) is 1.88. The van der Waals surface area contributed by atoms with E-state index in [-0.39, 0.29) is 5.91 Å². The van der Waals surface area contributed by atoms with E-state index >= 15 is 0 Å². The van der Waals surface area contributed by atoms with Gasteiger partial charge in [-0.25, -0.2) is 0 Å². The first kappa shape index (κ1) is 13.4. The second kappa shape index (κ2) is 7.62. The molecule has 1 rings (SSSR count). The molecule has 0 bridgehead atoms. The minimum atomic E-state index is -0.506. The summed E-state index contributed by atoms with van der Waals surface area (Å²) < 4.78 is 5.44. The largest absolute Gasteiger partial charge is 0.479 e. The molecule has 0 spiro atoms. The number of pyridine rings is 1. The average molecular weight is 237 g/mol. The van der Waals surface area contributed by atoms with E-state index in [4.69, 9.17) is 4.74 Å². The van der Waals surface area contributed by atoms with Crippen molar-refractivity contribution < 1.29 is 9.53 Å². The number of aromatic nitrogens is 1. The highest BCUT2D eigenvalue weighted by atomic mass is 16.5. The van der Waals surface area contributed by atoms with Crippen LogP contribution in [0.2, 0.25) is 0 Å². The van der Waals surface area contributed by atoms with Gasteiger partial charge in [0.1, 0.15) is 5.75 Å². The summed E-state index contributed by atoms with van der Waals surface area (Å²) in [5.41, 5.74) is 0. The third kappa shape index (κ3) is 5.31. The van der Waals surface area contributed by atoms with Crippen molar-refractivity contribution in [3.8, 4) is 5.75 Å². The second-order valence-corrected chi connectivity index (χ2v) is 3.70. The number of hydrogen-bond donors (Lipinski definition) is 2. The lowest BCUT2D eigenvalue weighted by Crippen LogP contribution is -2.37. The van der Waals surface area contributed by atoms with Crippen molar-refractivity contribution in [2.75, 3.05) is 20.1 Å². The van der Waals surface area contributed by atoms with Crippen LogP contribution in [-0.4, -0.2) is 37.1 Å². The fraction of sp³-hybridized carbons (Fsp3) is 0.500. The van der Waals surface area contributed by atoms with Crippen LogP contribution in [0.25, 0.3) is 0 Å². The molecule has 17 heavy (non-hydrogen) atoms. The van der Waals surface area contributed by atoms with E-state index in [1.807, 2.05) is 7.05 Å². The van der Waals surface area contributed by atoms with E-state index < -0.39 is 6.10 Å². The minimum Gasteiger partial charge on any atom is -0.479 e. The smallest absolute Gasteiger partial charge is 0.260 e. The molecule has 1 heterocycles. The fourth-order valence-electron chi connectivity index (χ4n) is 1.29. The molecule has 0 aliphatic carbocycles. The maximum absolute atomic E-state index is 11.6. The monoisotopic (exact) mass is 237 g/mol. The summed E-state index contributed by atoms with van der Waals surface area (Å²) in [5.74, 6) is 0.496. The molecule has 0 saturated carbocycles. The van der Waals surface area contributed by atoms with Gasteiger partial charge in [-0.3, -0.25) is 9.78 Å². The summed E-state index contributed by atoms with van der Waals surface area (Å²) in [4.78, 5) is 15.6. The number of rotatable bonds is 7. The fourth-order valence-corrected chi connectivity index (χ4v) is 1.29. The first-order chi connectivity index (χ1) is 8.24. The Balaban J connectivity index is 2.27. The third-order valence-electron chi connectivity index (χ3n) is 2.22. The zero-order valence-corrected chi connectivity index (χ0v) is 10.3. The predicted octanol–water partition coefficient (Wildman–Crippen LogP) is 0.575. The van der Waals surface area contributed by atoms with Crippen molar-refractivity contribution in [1.29, 1.82) is 0 Å². The van der Waals surface area contributed by atoms with Crippen LogP contribution in [0, 0.1) is 0 Å². The van der Waals surface area contributed by atoms with E-state index in [1.54, 1.807) is 31.5 Å². The van der Waals surface area contributed by atoms with Crippen molar-refractivity contribution in [2.24, 2.45) is 0 Å². The first-order valence-electron chi connectivity index (χ1n) is 5.73. The number of amides is 1. The summed E-state index contributed by atoms with van der Waals surface area (Å²) in [6.45, 7) is 3.26. The van der Waals surface area contributed by atoms with Crippen molar-refractivity contribution >= 4 is 5.91 Å². The molecule has 2 N–H and O–H groups in total. The summed E-state index contributed by atoms with van der Waals surface area (Å²) in [6, 6.07) is 3.55. The Morgan fingerprint density at radius 2 is 2.35 bits per heavy atom. The van der Waals surface area contributed by atoms with E-state index in [1.165, 1.54) is 0 Å². The van der Waals surface area contributed by atoms with E-state index in [2.05, 4.69) is 15.6 Å². The number of carbonyl (C=O) groups excluding carboxylic acids is 1. The molecule has 0 aliphatic rings. The van der Waals surface area contributed by atoms with Gasteiger partial charge in [-0.1, -0.05) is 0 Å². The Morgan fingerprint density at radius 1 is 1.53 bits per heavy atom. The van der Waals surface area contributed by atoms with E-state index in [0.29, 0.717) is 12.3 Å². The summed E-state index contributed by atoms with van der Waals surface area (Å²) in [6.07, 6.45) is 3.65. The molecular formula is C12H19N3O2. The lowest BCUT2D eigenvalue weighted by atomic mass is 10.3. The summed E-state index contributed by atoms with van der Waals surface area (Å²) in [5, 5.41) is 5.83. The number of nitrogens with one attached hydrogen (secondary N) is 2. The van der Waals surface area contributed by atoms with Crippen LogP contribution in [0.4, 0.5) is 0 Å². The maximum atomic E-state index is 11.6. The molecule has 0 radical (unpaired) electrons. The Kier molecular flexibility index (Phi) is 6.03. The van der Waals surface area contributed by atoms with Crippen LogP contribution in [0.15, 0.2) is 24.5 Å². The van der Waals surface area contributed by atoms with Crippen LogP contribution in [0.1, 0.15) is 13.3 Å². The van der Waals surface area contributed by atoms with Gasteiger partial charge in [-0.15, -0.1) is 0 Å². The molecule has 0 aliphatic heterocycles. The Labute approximate surface area is 102 Å². The SMILES string of the molecule is CNCCCNC(=O)C(C)Oc1cccnc1. The van der Waals surface area contributed by atoms with Gasteiger partial charge in [0.25, 0.3) is 5.91 Å². The molecule has 0 aromatic carbocycles. The van der Waals surface area contributed by atoms with Gasteiger partial charge in [-0.05, 0) is 39.1 Å². The second-order valence-electron chi connectivity index (χ2n) is 3.70. The van der Waals surface area contributed by atoms with Gasteiger partial charge in [0.05, 0.1) is 6.20 Å². The van der Waals surface area contributed by atoms with Gasteiger partial charge in [0.15, 0.2) is 6.10 Å². The van der Waals surface area contributed by atoms with Crippen molar-refractivity contribution in [3.05, 3.63) is 24.5 Å². The normalized spacial score (nSPS) is 11.9. The van der Waals surface area contributed by atoms with Gasteiger partial charge < -0.3 is 15.4 Å². The molecule has 1 aromatic rings. The van der Waals surface area contributed by atoms with Gasteiger partial charge >= 0.3 is 0 Å². The quantitative estimate of drug-likeness (QED) is 0.681. The number of nitrogens with zero attached hydrogens (tertiary/aromatic N) is 1. The molecule has 1 aromatic heterocycles. The maximum Gasteiger partial charge on any atom is 0.260 e. The zero-order chi connectivity index (χ0) is 12.5. The third-order valence-corrected chi connectivity index (χ3v) is 2.22. The van der Waals surface area contributed by atoms with Crippen LogP contribution >= 0.6 is 0 Å². The minimum absolute atomic E-state index is 0.107. The summed E-state index contributed by atoms with van der Waals surface area (Å²) >= 11 is 0. The van der Waals surface area contributed by atoms with Crippen molar-refractivity contribution in [3.63, 3.8) is 0 Å². The average Bonchev–Trinajstić information content (AvgIpc) is 2.35. The molecule has 5 nitrogen and oxygen atoms in total. The molecule has 1 atom stereocenters. The van der Waals surface area contributed by atoms with E-state index in [0.717, 1.165) is 13.0 Å². The molecular weight excluding hydrogens is 218 g/mol. The van der Waals surface area contributed by atoms with Gasteiger partial charge in [0, 0.05) is 12.7 Å². The molecule has 1 amide bonds. The number of ether oxygens (including phenoxy) is 1. The van der Waals surface area contributed by atoms with Crippen LogP contribution in [0.3, 0.4) is 0 Å². The Bertz CT molecular complexity index is 330. The van der Waals surface area contributed by atoms with E-state index in [9.17, 15) is 4.79 Å². The number of hydrogen-bond acceptors (Lipinski definition) is 4. The number of carbonyl (C=O) groups is 1. The Morgan fingerprint density at radius 3 is 3.00 bits per heavy atom. The van der Waals surface area contributed by atoms with Crippen LogP contribution in [0.5, 0.6) is 5.75 Å². The van der Waals surface area contributed by atoms with Gasteiger partial charge in [-0.2, -0.15) is 0 Å². The Hall–Kier alpha value is -1.62. The van der Waals surface area contributed by atoms with Crippen LogP contribution < -0.4 is 15.4 Å². The highest BCUT2D eigenvalue weighted by Crippen LogP contribution is 2.08. The molecule has 0 fully saturated rings. The zero-order valence-electron chi connectivity index (χ0n) is 10.3. The first-order valence-corrected chi connectivity index (χ1v) is 5.73. The molecule has 1 unspecified atom stereocenters. The highest BCUT2D eigenvalue weighted by Gasteiger charge is 2.13. The van der Waals surface area contributed by atoms with Gasteiger partial charge in [0.2, 0.25) is 0 Å². The molecule has 5 heteroatoms. The van der Waals surface area contributed by atoms with Crippen molar-refractivity contribution in [2.45, 2.75) is 19.4 Å². The lowest BCUT2D eigenvalue weighted by molar-refractivity contribution is -0.127. The van der Waals surface area contributed by atoms with Crippen molar-refractivity contribution in [1.82, 2.24) is 15.6 Å². The standard InChI is InChI=1S/C12H19N3O2/c1-10(12(16)15-8-4-6-13-2)17-11-5-3-7-14-9-11/h3,5,7,9-10,13H,4,6,8H2,1-2H3,(H,15,16). The predicted molar refractivity (Wildman–Crippen MR) is 65.9 cm³/mol. The lowest BCUT2D eigenvalue weighted by Gasteiger charge is -2.14. The highest BCUT2D eigenvalue weighted by molar-refractivity contribution is 5.80. The van der Waals surface area contributed by atoms with Crippen LogP contribution in [-0.2, 0) is 4.79 Å². The molecule has 0 saturated heterocycles.